The molecule has 0 unspecified atom stereocenters. The van der Waals surface area contributed by atoms with E-state index in [0.717, 1.165) is 23.1 Å². The van der Waals surface area contributed by atoms with E-state index in [9.17, 15) is 4.39 Å². The minimum atomic E-state index is -0.328. The first-order valence-electron chi connectivity index (χ1n) is 4.43. The predicted octanol–water partition coefficient (Wildman–Crippen LogP) is 3.68. The third-order valence-corrected chi connectivity index (χ3v) is 2.51. The van der Waals surface area contributed by atoms with Crippen molar-refractivity contribution in [3.8, 4) is 5.75 Å². The molecule has 78 valence electrons. The van der Waals surface area contributed by atoms with Gasteiger partial charge in [-0.15, -0.1) is 0 Å². The Morgan fingerprint density at radius 3 is 2.79 bits per heavy atom. The standard InChI is InChI=1S/C10H12BrFOS/c11-8-3-4-10(9(12)7-8)13-5-1-2-6-14/h3-4,7,14H,1-2,5-6H2. The Kier molecular flexibility index (Phi) is 5.33. The molecule has 0 fully saturated rings. The van der Waals surface area contributed by atoms with Gasteiger partial charge in [-0.2, -0.15) is 12.6 Å². The topological polar surface area (TPSA) is 9.23 Å². The van der Waals surface area contributed by atoms with Crippen molar-refractivity contribution in [1.29, 1.82) is 0 Å². The fraction of sp³-hybridized carbons (Fsp3) is 0.400. The maximum Gasteiger partial charge on any atom is 0.166 e. The molecule has 0 radical (unpaired) electrons. The summed E-state index contributed by atoms with van der Waals surface area (Å²) in [5, 5.41) is 0. The van der Waals surface area contributed by atoms with Crippen molar-refractivity contribution in [2.75, 3.05) is 12.4 Å². The third-order valence-electron chi connectivity index (χ3n) is 1.70. The van der Waals surface area contributed by atoms with E-state index in [2.05, 4.69) is 28.6 Å². The maximum atomic E-state index is 13.2. The highest BCUT2D eigenvalue weighted by molar-refractivity contribution is 9.10. The van der Waals surface area contributed by atoms with Crippen LogP contribution in [0.1, 0.15) is 12.8 Å². The zero-order chi connectivity index (χ0) is 10.4. The lowest BCUT2D eigenvalue weighted by Gasteiger charge is -2.06. The van der Waals surface area contributed by atoms with E-state index in [-0.39, 0.29) is 5.82 Å². The SMILES string of the molecule is Fc1cc(Br)ccc1OCCCCS. The van der Waals surface area contributed by atoms with Gasteiger partial charge in [-0.1, -0.05) is 15.9 Å². The Morgan fingerprint density at radius 1 is 1.36 bits per heavy atom. The molecular formula is C10H12BrFOS. The smallest absolute Gasteiger partial charge is 0.166 e. The molecular weight excluding hydrogens is 267 g/mol. The molecule has 0 N–H and O–H groups in total. The van der Waals surface area contributed by atoms with Gasteiger partial charge in [-0.25, -0.2) is 4.39 Å². The minimum Gasteiger partial charge on any atom is -0.491 e. The summed E-state index contributed by atoms with van der Waals surface area (Å²) >= 11 is 7.26. The van der Waals surface area contributed by atoms with E-state index in [1.165, 1.54) is 6.07 Å². The lowest BCUT2D eigenvalue weighted by atomic mass is 10.3. The average molecular weight is 279 g/mol. The molecule has 0 aliphatic carbocycles. The quantitative estimate of drug-likeness (QED) is 0.639. The fourth-order valence-corrected chi connectivity index (χ4v) is 1.55. The van der Waals surface area contributed by atoms with Crippen LogP contribution >= 0.6 is 28.6 Å². The summed E-state index contributed by atoms with van der Waals surface area (Å²) in [6, 6.07) is 4.78. The van der Waals surface area contributed by atoms with Crippen molar-refractivity contribution in [3.63, 3.8) is 0 Å². The number of rotatable bonds is 5. The number of halogens is 2. The molecule has 0 aliphatic rings. The molecule has 0 amide bonds. The first-order chi connectivity index (χ1) is 6.74. The maximum absolute atomic E-state index is 13.2. The second-order valence-corrected chi connectivity index (χ2v) is 4.22. The van der Waals surface area contributed by atoms with Crippen LogP contribution in [0.15, 0.2) is 22.7 Å². The second kappa shape index (κ2) is 6.30. The molecule has 0 aliphatic heterocycles. The largest absolute Gasteiger partial charge is 0.491 e. The Hall–Kier alpha value is -0.220. The van der Waals surface area contributed by atoms with Crippen molar-refractivity contribution in [3.05, 3.63) is 28.5 Å². The van der Waals surface area contributed by atoms with E-state index in [0.29, 0.717) is 12.4 Å². The van der Waals surface area contributed by atoms with Gasteiger partial charge in [-0.05, 0) is 36.8 Å². The molecule has 0 atom stereocenters. The Bertz CT molecular complexity index is 293. The first-order valence-corrected chi connectivity index (χ1v) is 5.85. The Labute approximate surface area is 97.2 Å². The van der Waals surface area contributed by atoms with Gasteiger partial charge in [0.25, 0.3) is 0 Å². The number of hydrogen-bond donors (Lipinski definition) is 1. The number of thiol groups is 1. The molecule has 0 saturated carbocycles. The molecule has 1 nitrogen and oxygen atoms in total. The van der Waals surface area contributed by atoms with Crippen molar-refractivity contribution in [2.24, 2.45) is 0 Å². The van der Waals surface area contributed by atoms with Crippen molar-refractivity contribution >= 4 is 28.6 Å². The molecule has 1 aromatic rings. The zero-order valence-electron chi connectivity index (χ0n) is 7.67. The lowest BCUT2D eigenvalue weighted by Crippen LogP contribution is -1.99. The number of unbranched alkanes of at least 4 members (excludes halogenated alkanes) is 1. The van der Waals surface area contributed by atoms with Crippen LogP contribution in [0, 0.1) is 5.82 Å². The normalized spacial score (nSPS) is 10.2. The van der Waals surface area contributed by atoms with Gasteiger partial charge in [0.2, 0.25) is 0 Å². The van der Waals surface area contributed by atoms with Crippen LogP contribution in [0.2, 0.25) is 0 Å². The van der Waals surface area contributed by atoms with Crippen molar-refractivity contribution < 1.29 is 9.13 Å². The summed E-state index contributed by atoms with van der Waals surface area (Å²) in [5.41, 5.74) is 0. The summed E-state index contributed by atoms with van der Waals surface area (Å²) in [7, 11) is 0. The second-order valence-electron chi connectivity index (χ2n) is 2.85. The van der Waals surface area contributed by atoms with Gasteiger partial charge in [-0.3, -0.25) is 0 Å². The molecule has 0 spiro atoms. The molecule has 1 aromatic carbocycles. The highest BCUT2D eigenvalue weighted by Gasteiger charge is 2.02. The van der Waals surface area contributed by atoms with Crippen molar-refractivity contribution in [1.82, 2.24) is 0 Å². The van der Waals surface area contributed by atoms with Crippen molar-refractivity contribution in [2.45, 2.75) is 12.8 Å². The molecule has 14 heavy (non-hydrogen) atoms. The predicted molar refractivity (Wildman–Crippen MR) is 62.7 cm³/mol. The van der Waals surface area contributed by atoms with Crippen LogP contribution in [0.25, 0.3) is 0 Å². The van der Waals surface area contributed by atoms with Gasteiger partial charge >= 0.3 is 0 Å². The molecule has 0 aromatic heterocycles. The van der Waals surface area contributed by atoms with E-state index in [4.69, 9.17) is 4.74 Å². The van der Waals surface area contributed by atoms with Gasteiger partial charge in [0.15, 0.2) is 11.6 Å². The highest BCUT2D eigenvalue weighted by Crippen LogP contribution is 2.21. The summed E-state index contributed by atoms with van der Waals surface area (Å²) < 4.78 is 19.2. The van der Waals surface area contributed by atoms with E-state index >= 15 is 0 Å². The van der Waals surface area contributed by atoms with Gasteiger partial charge in [0.1, 0.15) is 0 Å². The lowest BCUT2D eigenvalue weighted by molar-refractivity contribution is 0.294. The van der Waals surface area contributed by atoms with Crippen LogP contribution in [0.5, 0.6) is 5.75 Å². The zero-order valence-corrected chi connectivity index (χ0v) is 10.2. The number of ether oxygens (including phenoxy) is 1. The molecule has 0 bridgehead atoms. The van der Waals surface area contributed by atoms with Gasteiger partial charge in [0.05, 0.1) is 6.61 Å². The molecule has 0 heterocycles. The fourth-order valence-electron chi connectivity index (χ4n) is 0.988. The molecule has 0 saturated heterocycles. The van der Waals surface area contributed by atoms with Crippen LogP contribution in [0.4, 0.5) is 4.39 Å². The third kappa shape index (κ3) is 3.88. The summed E-state index contributed by atoms with van der Waals surface area (Å²) in [4.78, 5) is 0. The van der Waals surface area contributed by atoms with Crippen LogP contribution in [0.3, 0.4) is 0 Å². The van der Waals surface area contributed by atoms with Gasteiger partial charge < -0.3 is 4.74 Å². The minimum absolute atomic E-state index is 0.312. The number of benzene rings is 1. The summed E-state index contributed by atoms with van der Waals surface area (Å²) in [5.74, 6) is 0.823. The Balaban J connectivity index is 2.42. The number of hydrogen-bond acceptors (Lipinski definition) is 2. The molecule has 4 heteroatoms. The first kappa shape index (κ1) is 11.9. The van der Waals surface area contributed by atoms with Crippen LogP contribution in [-0.4, -0.2) is 12.4 Å². The highest BCUT2D eigenvalue weighted by atomic mass is 79.9. The Morgan fingerprint density at radius 2 is 2.14 bits per heavy atom. The summed E-state index contributed by atoms with van der Waals surface area (Å²) in [6.45, 7) is 0.541. The van der Waals surface area contributed by atoms with Gasteiger partial charge in [0, 0.05) is 4.47 Å². The monoisotopic (exact) mass is 278 g/mol. The average Bonchev–Trinajstić information content (AvgIpc) is 2.15. The van der Waals surface area contributed by atoms with E-state index in [1.54, 1.807) is 12.1 Å². The van der Waals surface area contributed by atoms with Crippen LogP contribution in [-0.2, 0) is 0 Å². The van der Waals surface area contributed by atoms with Crippen LogP contribution < -0.4 is 4.74 Å². The molecule has 1 rings (SSSR count). The van der Waals surface area contributed by atoms with E-state index in [1.807, 2.05) is 0 Å². The van der Waals surface area contributed by atoms with E-state index < -0.39 is 0 Å². The summed E-state index contributed by atoms with van der Waals surface area (Å²) in [6.07, 6.45) is 1.89.